The number of nitrogens with zero attached hydrogens (tertiary/aromatic N) is 4. The Hall–Kier alpha value is -3.79. The molecule has 1 unspecified atom stereocenters. The molecule has 1 N–H and O–H groups in total. The fourth-order valence-corrected chi connectivity index (χ4v) is 5.07. The molecule has 0 aliphatic carbocycles. The van der Waals surface area contributed by atoms with Crippen molar-refractivity contribution in [3.8, 4) is 17.0 Å². The smallest absolute Gasteiger partial charge is 0.418 e. The van der Waals surface area contributed by atoms with E-state index in [2.05, 4.69) is 15.0 Å². The van der Waals surface area contributed by atoms with E-state index in [1.54, 1.807) is 32.2 Å². The zero-order valence-electron chi connectivity index (χ0n) is 20.3. The van der Waals surface area contributed by atoms with E-state index in [0.29, 0.717) is 30.0 Å². The van der Waals surface area contributed by atoms with Crippen molar-refractivity contribution >= 4 is 10.9 Å². The molecule has 7 nitrogen and oxygen atoms in total. The maximum atomic E-state index is 14.5. The summed E-state index contributed by atoms with van der Waals surface area (Å²) in [6, 6.07) is 8.09. The van der Waals surface area contributed by atoms with Gasteiger partial charge in [0, 0.05) is 48.4 Å². The predicted molar refractivity (Wildman–Crippen MR) is 131 cm³/mol. The molecule has 3 aromatic heterocycles. The Labute approximate surface area is 210 Å². The van der Waals surface area contributed by atoms with Gasteiger partial charge in [-0.25, -0.2) is 9.97 Å². The number of aromatic nitrogens is 4. The van der Waals surface area contributed by atoms with Gasteiger partial charge in [-0.3, -0.25) is 9.78 Å². The van der Waals surface area contributed by atoms with Gasteiger partial charge in [0.1, 0.15) is 12.1 Å². The topological polar surface area (TPSA) is 90.1 Å². The summed E-state index contributed by atoms with van der Waals surface area (Å²) in [6.45, 7) is 2.96. The first kappa shape index (κ1) is 24.9. The van der Waals surface area contributed by atoms with Crippen molar-refractivity contribution < 1.29 is 23.0 Å². The number of pyridine rings is 2. The number of benzene rings is 1. The number of ether oxygens (including phenoxy) is 1. The van der Waals surface area contributed by atoms with Gasteiger partial charge in [0.05, 0.1) is 29.7 Å². The van der Waals surface area contributed by atoms with Crippen LogP contribution in [0.2, 0.25) is 0 Å². The molecule has 0 saturated carbocycles. The summed E-state index contributed by atoms with van der Waals surface area (Å²) in [6.07, 6.45) is 2.01. The highest BCUT2D eigenvalue weighted by atomic mass is 19.4. The van der Waals surface area contributed by atoms with Gasteiger partial charge in [-0.1, -0.05) is 13.8 Å². The first-order chi connectivity index (χ1) is 17.5. The second kappa shape index (κ2) is 8.95. The first-order valence-electron chi connectivity index (χ1n) is 11.8. The van der Waals surface area contributed by atoms with Gasteiger partial charge >= 0.3 is 6.18 Å². The number of hydrogen-bond donors (Lipinski definition) is 1. The van der Waals surface area contributed by atoms with Crippen molar-refractivity contribution in [1.82, 2.24) is 19.5 Å². The van der Waals surface area contributed by atoms with Gasteiger partial charge in [-0.15, -0.1) is 0 Å². The molecule has 1 aliphatic heterocycles. The Morgan fingerprint density at radius 3 is 2.62 bits per heavy atom. The van der Waals surface area contributed by atoms with Crippen LogP contribution in [0, 0.1) is 0 Å². The highest BCUT2D eigenvalue weighted by molar-refractivity contribution is 5.77. The van der Waals surface area contributed by atoms with E-state index in [1.807, 2.05) is 6.07 Å². The quantitative estimate of drug-likeness (QED) is 0.412. The van der Waals surface area contributed by atoms with Crippen LogP contribution in [0.5, 0.6) is 5.75 Å². The number of alkyl halides is 3. The highest BCUT2D eigenvalue weighted by Gasteiger charge is 2.56. The molecule has 0 spiro atoms. The van der Waals surface area contributed by atoms with Crippen LogP contribution in [0.15, 0.2) is 66.2 Å². The van der Waals surface area contributed by atoms with Crippen molar-refractivity contribution in [3.05, 3.63) is 82.8 Å². The van der Waals surface area contributed by atoms with E-state index >= 15 is 0 Å². The van der Waals surface area contributed by atoms with Crippen LogP contribution in [0.3, 0.4) is 0 Å². The summed E-state index contributed by atoms with van der Waals surface area (Å²) in [7, 11) is 0. The van der Waals surface area contributed by atoms with Crippen LogP contribution in [-0.2, 0) is 18.4 Å². The monoisotopic (exact) mass is 510 g/mol. The molecule has 192 valence electrons. The van der Waals surface area contributed by atoms with Crippen molar-refractivity contribution in [1.29, 1.82) is 0 Å². The minimum absolute atomic E-state index is 0.178. The Morgan fingerprint density at radius 1 is 1.11 bits per heavy atom. The average molecular weight is 511 g/mol. The summed E-state index contributed by atoms with van der Waals surface area (Å²) in [5.74, 6) is 0.548. The van der Waals surface area contributed by atoms with Gasteiger partial charge in [0.15, 0.2) is 11.0 Å². The second-order valence-corrected chi connectivity index (χ2v) is 10.00. The number of aliphatic hydroxyl groups is 1. The minimum Gasteiger partial charge on any atom is -0.493 e. The van der Waals surface area contributed by atoms with Crippen LogP contribution in [0.25, 0.3) is 22.2 Å². The Morgan fingerprint density at radius 2 is 1.89 bits per heavy atom. The summed E-state index contributed by atoms with van der Waals surface area (Å²) < 4.78 is 50.7. The lowest BCUT2D eigenvalue weighted by molar-refractivity contribution is -0.271. The van der Waals surface area contributed by atoms with Crippen LogP contribution < -0.4 is 10.2 Å². The molecule has 4 aromatic rings. The standard InChI is InChI=1S/C27H25F3N4O3/c1-25(2,20-12-18(21-3-7-32-16-33-21)11-17-6-10-37-24(17)20)14-26(36,27(28,29)30)15-34-9-5-23(35)19-13-31-8-4-22(19)34/h3-5,7-9,11-13,16,36H,6,10,14-15H2,1-2H3. The van der Waals surface area contributed by atoms with Crippen LogP contribution in [-0.4, -0.2) is 43.0 Å². The van der Waals surface area contributed by atoms with Crippen molar-refractivity contribution in [2.75, 3.05) is 6.61 Å². The van der Waals surface area contributed by atoms with Crippen LogP contribution in [0.1, 0.15) is 31.4 Å². The molecule has 0 fully saturated rings. The fourth-order valence-electron chi connectivity index (χ4n) is 5.07. The third kappa shape index (κ3) is 4.57. The molecule has 37 heavy (non-hydrogen) atoms. The SMILES string of the molecule is CC(C)(CC(O)(Cn1ccc(=O)c2cnccc21)C(F)(F)F)c1cc(-c2ccncn2)cc2c1OCC2. The lowest BCUT2D eigenvalue weighted by atomic mass is 9.73. The Bertz CT molecular complexity index is 1520. The van der Waals surface area contributed by atoms with E-state index in [9.17, 15) is 23.1 Å². The maximum Gasteiger partial charge on any atom is 0.418 e. The highest BCUT2D eigenvalue weighted by Crippen LogP contribution is 2.47. The summed E-state index contributed by atoms with van der Waals surface area (Å²) >= 11 is 0. The molecule has 0 bridgehead atoms. The third-order valence-corrected chi connectivity index (χ3v) is 6.86. The lowest BCUT2D eigenvalue weighted by Gasteiger charge is -2.39. The number of hydrogen-bond acceptors (Lipinski definition) is 6. The van der Waals surface area contributed by atoms with Gasteiger partial charge in [0.25, 0.3) is 0 Å². The number of halogens is 3. The first-order valence-corrected chi connectivity index (χ1v) is 11.8. The molecule has 1 aromatic carbocycles. The molecule has 1 atom stereocenters. The maximum absolute atomic E-state index is 14.5. The lowest BCUT2D eigenvalue weighted by Crippen LogP contribution is -2.52. The fraction of sp³-hybridized carbons (Fsp3) is 0.333. The number of rotatable bonds is 6. The van der Waals surface area contributed by atoms with E-state index in [0.717, 1.165) is 11.1 Å². The Kier molecular flexibility index (Phi) is 6.02. The molecule has 5 rings (SSSR count). The van der Waals surface area contributed by atoms with Crippen LogP contribution in [0.4, 0.5) is 13.2 Å². The summed E-state index contributed by atoms with van der Waals surface area (Å²) in [5, 5.41) is 11.4. The summed E-state index contributed by atoms with van der Waals surface area (Å²) in [4.78, 5) is 24.3. The molecule has 10 heteroatoms. The largest absolute Gasteiger partial charge is 0.493 e. The van der Waals surface area contributed by atoms with Crippen molar-refractivity contribution in [2.24, 2.45) is 0 Å². The molecule has 4 heterocycles. The van der Waals surface area contributed by atoms with E-state index in [4.69, 9.17) is 4.74 Å². The summed E-state index contributed by atoms with van der Waals surface area (Å²) in [5.41, 5.74) is -1.54. The van der Waals surface area contributed by atoms with E-state index in [1.165, 1.54) is 41.6 Å². The zero-order chi connectivity index (χ0) is 26.4. The van der Waals surface area contributed by atoms with Gasteiger partial charge in [-0.05, 0) is 41.7 Å². The minimum atomic E-state index is -4.96. The zero-order valence-corrected chi connectivity index (χ0v) is 20.3. The molecule has 1 aliphatic rings. The third-order valence-electron chi connectivity index (χ3n) is 6.86. The molecule has 0 saturated heterocycles. The van der Waals surface area contributed by atoms with Crippen LogP contribution >= 0.6 is 0 Å². The number of fused-ring (bicyclic) bond motifs is 2. The average Bonchev–Trinajstić information content (AvgIpc) is 3.33. The molecular formula is C27H25F3N4O3. The van der Waals surface area contributed by atoms with Gasteiger partial charge < -0.3 is 14.4 Å². The molecule has 0 amide bonds. The molecular weight excluding hydrogens is 485 g/mol. The van der Waals surface area contributed by atoms with Gasteiger partial charge in [0.2, 0.25) is 0 Å². The van der Waals surface area contributed by atoms with E-state index < -0.39 is 30.2 Å². The molecule has 0 radical (unpaired) electrons. The predicted octanol–water partition coefficient (Wildman–Crippen LogP) is 4.45. The van der Waals surface area contributed by atoms with E-state index in [-0.39, 0.29) is 16.3 Å². The normalized spacial score (nSPS) is 15.3. The second-order valence-electron chi connectivity index (χ2n) is 10.00. The Balaban J connectivity index is 1.58. The van der Waals surface area contributed by atoms with Gasteiger partial charge in [-0.2, -0.15) is 13.2 Å². The van der Waals surface area contributed by atoms with Crippen molar-refractivity contribution in [3.63, 3.8) is 0 Å². The van der Waals surface area contributed by atoms with Crippen molar-refractivity contribution in [2.45, 2.75) is 50.4 Å².